The Kier molecular flexibility index (Phi) is 5.63. The van der Waals surface area contributed by atoms with Gasteiger partial charge in [0.05, 0.1) is 28.7 Å². The monoisotopic (exact) mass is 388 g/mol. The summed E-state index contributed by atoms with van der Waals surface area (Å²) in [6, 6.07) is 6.96. The molecule has 0 radical (unpaired) electrons. The molecule has 0 saturated heterocycles. The minimum absolute atomic E-state index is 0.145. The standard InChI is InChI=1S/C18H20N4O2S2/c1-11(2)14(20-18(24)17-12(3)19-10-26-17)9-22-16(23)7-6-13(21-22)15-5-4-8-25-15/h4-8,10-11,14H,9H2,1-3H3,(H,20,24)/t14-/m0/s1. The molecule has 6 nitrogen and oxygen atoms in total. The summed E-state index contributed by atoms with van der Waals surface area (Å²) in [4.78, 5) is 30.5. The molecule has 8 heteroatoms. The molecule has 0 bridgehead atoms. The summed E-state index contributed by atoms with van der Waals surface area (Å²) < 4.78 is 1.43. The van der Waals surface area contributed by atoms with Crippen molar-refractivity contribution in [2.45, 2.75) is 33.4 Å². The van der Waals surface area contributed by atoms with E-state index in [1.807, 2.05) is 38.3 Å². The molecule has 0 aliphatic carbocycles. The van der Waals surface area contributed by atoms with Crippen LogP contribution in [0.1, 0.15) is 29.2 Å². The number of nitrogens with zero attached hydrogens (tertiary/aromatic N) is 3. The van der Waals surface area contributed by atoms with Crippen molar-refractivity contribution in [2.24, 2.45) is 5.92 Å². The van der Waals surface area contributed by atoms with Crippen LogP contribution in [0.4, 0.5) is 0 Å². The van der Waals surface area contributed by atoms with E-state index in [-0.39, 0.29) is 23.4 Å². The largest absolute Gasteiger partial charge is 0.346 e. The fourth-order valence-corrected chi connectivity index (χ4v) is 3.89. The highest BCUT2D eigenvalue weighted by Gasteiger charge is 2.21. The summed E-state index contributed by atoms with van der Waals surface area (Å²) in [5.74, 6) is -0.0163. The Bertz CT molecular complexity index is 944. The van der Waals surface area contributed by atoms with Gasteiger partial charge in [-0.15, -0.1) is 22.7 Å². The minimum Gasteiger partial charge on any atom is -0.346 e. The molecular weight excluding hydrogens is 368 g/mol. The van der Waals surface area contributed by atoms with Crippen LogP contribution in [-0.2, 0) is 6.54 Å². The van der Waals surface area contributed by atoms with Crippen molar-refractivity contribution in [3.05, 3.63) is 56.1 Å². The molecule has 3 aromatic rings. The van der Waals surface area contributed by atoms with Crippen LogP contribution in [0.2, 0.25) is 0 Å². The maximum atomic E-state index is 12.5. The molecular formula is C18H20N4O2S2. The normalized spacial score (nSPS) is 12.3. The summed E-state index contributed by atoms with van der Waals surface area (Å²) in [5, 5.41) is 9.48. The van der Waals surface area contributed by atoms with E-state index in [1.54, 1.807) is 22.9 Å². The molecule has 1 atom stereocenters. The molecule has 0 aliphatic rings. The first-order chi connectivity index (χ1) is 12.5. The third-order valence-corrected chi connectivity index (χ3v) is 5.90. The zero-order valence-corrected chi connectivity index (χ0v) is 16.4. The molecule has 0 aliphatic heterocycles. The third-order valence-electron chi connectivity index (χ3n) is 4.08. The zero-order valence-electron chi connectivity index (χ0n) is 14.8. The van der Waals surface area contributed by atoms with Gasteiger partial charge in [0.2, 0.25) is 0 Å². The van der Waals surface area contributed by atoms with Crippen molar-refractivity contribution in [2.75, 3.05) is 0 Å². The summed E-state index contributed by atoms with van der Waals surface area (Å²) in [7, 11) is 0. The second kappa shape index (κ2) is 7.92. The number of thiophene rings is 1. The first-order valence-corrected chi connectivity index (χ1v) is 10.0. The molecule has 1 amide bonds. The van der Waals surface area contributed by atoms with Crippen molar-refractivity contribution < 1.29 is 4.79 Å². The van der Waals surface area contributed by atoms with E-state index in [2.05, 4.69) is 15.4 Å². The van der Waals surface area contributed by atoms with E-state index in [1.165, 1.54) is 22.1 Å². The van der Waals surface area contributed by atoms with Crippen LogP contribution in [0.15, 0.2) is 40.0 Å². The van der Waals surface area contributed by atoms with E-state index >= 15 is 0 Å². The highest BCUT2D eigenvalue weighted by atomic mass is 32.1. The van der Waals surface area contributed by atoms with E-state index in [0.29, 0.717) is 17.1 Å². The first kappa shape index (κ1) is 18.5. The van der Waals surface area contributed by atoms with Crippen LogP contribution >= 0.6 is 22.7 Å². The Morgan fingerprint density at radius 2 is 2.08 bits per heavy atom. The fourth-order valence-electron chi connectivity index (χ4n) is 2.50. The summed E-state index contributed by atoms with van der Waals surface area (Å²) in [6.07, 6.45) is 0. The van der Waals surface area contributed by atoms with Gasteiger partial charge in [0.1, 0.15) is 10.6 Å². The van der Waals surface area contributed by atoms with Gasteiger partial charge in [-0.1, -0.05) is 19.9 Å². The van der Waals surface area contributed by atoms with Crippen LogP contribution in [0, 0.1) is 12.8 Å². The van der Waals surface area contributed by atoms with E-state index in [4.69, 9.17) is 0 Å². The van der Waals surface area contributed by atoms with Crippen molar-refractivity contribution >= 4 is 28.6 Å². The lowest BCUT2D eigenvalue weighted by molar-refractivity contribution is 0.0922. The molecule has 3 aromatic heterocycles. The van der Waals surface area contributed by atoms with Crippen molar-refractivity contribution in [3.63, 3.8) is 0 Å². The van der Waals surface area contributed by atoms with Crippen molar-refractivity contribution in [3.8, 4) is 10.6 Å². The lowest BCUT2D eigenvalue weighted by Crippen LogP contribution is -2.43. The molecule has 0 saturated carbocycles. The number of rotatable bonds is 6. The number of carbonyl (C=O) groups is 1. The average Bonchev–Trinajstić information content (AvgIpc) is 3.27. The van der Waals surface area contributed by atoms with Crippen LogP contribution in [0.3, 0.4) is 0 Å². The number of aromatic nitrogens is 3. The SMILES string of the molecule is Cc1ncsc1C(=O)N[C@@H](Cn1nc(-c2cccs2)ccc1=O)C(C)C. The van der Waals surface area contributed by atoms with Crippen molar-refractivity contribution in [1.29, 1.82) is 0 Å². The van der Waals surface area contributed by atoms with Gasteiger partial charge in [0.15, 0.2) is 0 Å². The smallest absolute Gasteiger partial charge is 0.266 e. The first-order valence-electron chi connectivity index (χ1n) is 8.28. The number of hydrogen-bond acceptors (Lipinski definition) is 6. The van der Waals surface area contributed by atoms with Gasteiger partial charge in [-0.25, -0.2) is 9.67 Å². The predicted molar refractivity (Wildman–Crippen MR) is 105 cm³/mol. The molecule has 136 valence electrons. The quantitative estimate of drug-likeness (QED) is 0.703. The maximum absolute atomic E-state index is 12.5. The fraction of sp³-hybridized carbons (Fsp3) is 0.333. The number of thiazole rings is 1. The summed E-state index contributed by atoms with van der Waals surface area (Å²) >= 11 is 2.89. The topological polar surface area (TPSA) is 76.9 Å². The lowest BCUT2D eigenvalue weighted by Gasteiger charge is -2.22. The van der Waals surface area contributed by atoms with E-state index in [9.17, 15) is 9.59 Å². The molecule has 0 aromatic carbocycles. The molecule has 0 unspecified atom stereocenters. The Labute approximate surface area is 159 Å². The summed E-state index contributed by atoms with van der Waals surface area (Å²) in [6.45, 7) is 6.16. The molecule has 26 heavy (non-hydrogen) atoms. The molecule has 3 heterocycles. The van der Waals surface area contributed by atoms with Crippen LogP contribution < -0.4 is 10.9 Å². The second-order valence-electron chi connectivity index (χ2n) is 6.31. The van der Waals surface area contributed by atoms with Gasteiger partial charge in [0.25, 0.3) is 11.5 Å². The van der Waals surface area contributed by atoms with Crippen LogP contribution in [-0.4, -0.2) is 26.7 Å². The van der Waals surface area contributed by atoms with Gasteiger partial charge >= 0.3 is 0 Å². The van der Waals surface area contributed by atoms with Gasteiger partial charge in [-0.3, -0.25) is 9.59 Å². The number of nitrogens with one attached hydrogen (secondary N) is 1. The predicted octanol–water partition coefficient (Wildman–Crippen LogP) is 3.19. The number of amides is 1. The molecule has 0 spiro atoms. The molecule has 0 fully saturated rings. The average molecular weight is 389 g/mol. The van der Waals surface area contributed by atoms with Gasteiger partial charge < -0.3 is 5.32 Å². The Hall–Kier alpha value is -2.32. The lowest BCUT2D eigenvalue weighted by atomic mass is 10.0. The van der Waals surface area contributed by atoms with Gasteiger partial charge in [-0.2, -0.15) is 5.10 Å². The Balaban J connectivity index is 1.82. The van der Waals surface area contributed by atoms with E-state index < -0.39 is 0 Å². The minimum atomic E-state index is -0.215. The van der Waals surface area contributed by atoms with Gasteiger partial charge in [-0.05, 0) is 30.4 Å². The molecule has 3 rings (SSSR count). The Morgan fingerprint density at radius 3 is 2.69 bits per heavy atom. The van der Waals surface area contributed by atoms with Crippen LogP contribution in [0.5, 0.6) is 0 Å². The van der Waals surface area contributed by atoms with Crippen LogP contribution in [0.25, 0.3) is 10.6 Å². The van der Waals surface area contributed by atoms with Gasteiger partial charge in [0, 0.05) is 6.07 Å². The van der Waals surface area contributed by atoms with E-state index in [0.717, 1.165) is 10.6 Å². The number of aryl methyl sites for hydroxylation is 1. The summed E-state index contributed by atoms with van der Waals surface area (Å²) in [5.41, 5.74) is 2.95. The second-order valence-corrected chi connectivity index (χ2v) is 8.11. The van der Waals surface area contributed by atoms with Crippen molar-refractivity contribution in [1.82, 2.24) is 20.1 Å². The maximum Gasteiger partial charge on any atom is 0.266 e. The third kappa shape index (κ3) is 4.08. The number of hydrogen-bond donors (Lipinski definition) is 1. The highest BCUT2D eigenvalue weighted by molar-refractivity contribution is 7.13. The Morgan fingerprint density at radius 1 is 1.27 bits per heavy atom. The number of carbonyl (C=O) groups excluding carboxylic acids is 1. The highest BCUT2D eigenvalue weighted by Crippen LogP contribution is 2.21. The zero-order chi connectivity index (χ0) is 18.7. The molecule has 1 N–H and O–H groups in total.